The number of carbonyl (C=O) groups is 1. The van der Waals surface area contributed by atoms with Gasteiger partial charge in [-0.2, -0.15) is 0 Å². The van der Waals surface area contributed by atoms with E-state index in [-0.39, 0.29) is 17.0 Å². The molecular formula is C26H23BrClN3OS. The Labute approximate surface area is 211 Å². The van der Waals surface area contributed by atoms with Gasteiger partial charge in [-0.3, -0.25) is 9.36 Å². The van der Waals surface area contributed by atoms with Crippen LogP contribution in [0.15, 0.2) is 82.4 Å². The lowest BCUT2D eigenvalue weighted by Gasteiger charge is -2.19. The van der Waals surface area contributed by atoms with Crippen molar-refractivity contribution in [3.63, 3.8) is 0 Å². The topological polar surface area (TPSA) is 47.8 Å². The standard InChI is InChI=1S/C26H23BrClN3OS/c1-26(2,3)18-10-8-17(9-11-18)24-29-30-25(31(24)20-14-12-19(28)13-15-20)33-16-23(32)21-6-4-5-7-22(21)27/h4-15H,16H2,1-3H3. The fourth-order valence-corrected chi connectivity index (χ4v) is 4.85. The van der Waals surface area contributed by atoms with E-state index in [1.165, 1.54) is 17.3 Å². The van der Waals surface area contributed by atoms with Gasteiger partial charge in [0.1, 0.15) is 0 Å². The van der Waals surface area contributed by atoms with Gasteiger partial charge in [0.15, 0.2) is 16.8 Å². The smallest absolute Gasteiger partial charge is 0.196 e. The Balaban J connectivity index is 1.69. The maximum absolute atomic E-state index is 12.8. The van der Waals surface area contributed by atoms with Crippen molar-refractivity contribution in [2.45, 2.75) is 31.3 Å². The van der Waals surface area contributed by atoms with E-state index >= 15 is 0 Å². The Hall–Kier alpha value is -2.41. The molecule has 0 atom stereocenters. The Morgan fingerprint density at radius 3 is 2.27 bits per heavy atom. The number of halogens is 2. The van der Waals surface area contributed by atoms with E-state index in [0.717, 1.165) is 15.7 Å². The van der Waals surface area contributed by atoms with Gasteiger partial charge >= 0.3 is 0 Å². The number of ketones is 1. The van der Waals surface area contributed by atoms with Gasteiger partial charge in [0.05, 0.1) is 5.75 Å². The number of hydrogen-bond donors (Lipinski definition) is 0. The number of benzene rings is 3. The highest BCUT2D eigenvalue weighted by molar-refractivity contribution is 9.10. The molecule has 0 saturated carbocycles. The molecule has 0 fully saturated rings. The third-order valence-electron chi connectivity index (χ3n) is 5.23. The van der Waals surface area contributed by atoms with Crippen LogP contribution in [0.25, 0.3) is 17.1 Å². The van der Waals surface area contributed by atoms with Crippen molar-refractivity contribution >= 4 is 45.1 Å². The second-order valence-corrected chi connectivity index (χ2v) is 10.9. The molecule has 0 N–H and O–H groups in total. The number of nitrogens with zero attached hydrogens (tertiary/aromatic N) is 3. The molecule has 0 saturated heterocycles. The van der Waals surface area contributed by atoms with E-state index in [2.05, 4.69) is 71.2 Å². The molecule has 0 unspecified atom stereocenters. The summed E-state index contributed by atoms with van der Waals surface area (Å²) in [6.45, 7) is 6.57. The zero-order valence-electron chi connectivity index (χ0n) is 18.5. The van der Waals surface area contributed by atoms with Gasteiger partial charge in [-0.25, -0.2) is 0 Å². The van der Waals surface area contributed by atoms with Crippen LogP contribution >= 0.6 is 39.3 Å². The van der Waals surface area contributed by atoms with E-state index in [0.29, 0.717) is 21.6 Å². The predicted molar refractivity (Wildman–Crippen MR) is 140 cm³/mol. The molecule has 0 radical (unpaired) electrons. The zero-order chi connectivity index (χ0) is 23.6. The summed E-state index contributed by atoms with van der Waals surface area (Å²) in [7, 11) is 0. The number of carbonyl (C=O) groups excluding carboxylic acids is 1. The number of rotatable bonds is 6. The fourth-order valence-electron chi connectivity index (χ4n) is 3.39. The molecule has 1 aromatic heterocycles. The van der Waals surface area contributed by atoms with Crippen LogP contribution in [0.5, 0.6) is 0 Å². The lowest BCUT2D eigenvalue weighted by atomic mass is 9.87. The van der Waals surface area contributed by atoms with Crippen LogP contribution < -0.4 is 0 Å². The summed E-state index contributed by atoms with van der Waals surface area (Å²) >= 11 is 10.9. The van der Waals surface area contributed by atoms with Gasteiger partial charge < -0.3 is 0 Å². The van der Waals surface area contributed by atoms with E-state index in [4.69, 9.17) is 11.6 Å². The monoisotopic (exact) mass is 539 g/mol. The first-order valence-electron chi connectivity index (χ1n) is 10.5. The van der Waals surface area contributed by atoms with Crippen LogP contribution in [0.1, 0.15) is 36.7 Å². The maximum atomic E-state index is 12.8. The molecule has 168 valence electrons. The first-order chi connectivity index (χ1) is 15.7. The second kappa shape index (κ2) is 9.84. The summed E-state index contributed by atoms with van der Waals surface area (Å²) in [6.07, 6.45) is 0. The average molecular weight is 541 g/mol. The zero-order valence-corrected chi connectivity index (χ0v) is 21.7. The molecule has 4 nitrogen and oxygen atoms in total. The van der Waals surface area contributed by atoms with Crippen LogP contribution in [0, 0.1) is 0 Å². The minimum atomic E-state index is 0.0224. The van der Waals surface area contributed by atoms with Crippen LogP contribution in [0.2, 0.25) is 5.02 Å². The van der Waals surface area contributed by atoms with Gasteiger partial charge in [0, 0.05) is 26.3 Å². The molecule has 7 heteroatoms. The van der Waals surface area contributed by atoms with Crippen molar-refractivity contribution in [1.82, 2.24) is 14.8 Å². The van der Waals surface area contributed by atoms with Gasteiger partial charge in [-0.15, -0.1) is 10.2 Å². The van der Waals surface area contributed by atoms with Crippen LogP contribution in [0.4, 0.5) is 0 Å². The van der Waals surface area contributed by atoms with Crippen molar-refractivity contribution in [2.75, 3.05) is 5.75 Å². The maximum Gasteiger partial charge on any atom is 0.196 e. The van der Waals surface area contributed by atoms with E-state index in [1.54, 1.807) is 0 Å². The van der Waals surface area contributed by atoms with Gasteiger partial charge in [0.2, 0.25) is 0 Å². The van der Waals surface area contributed by atoms with Crippen molar-refractivity contribution in [1.29, 1.82) is 0 Å². The number of thioether (sulfide) groups is 1. The summed E-state index contributed by atoms with van der Waals surface area (Å²) in [5, 5.41) is 10.2. The highest BCUT2D eigenvalue weighted by Gasteiger charge is 2.20. The molecule has 1 heterocycles. The summed E-state index contributed by atoms with van der Waals surface area (Å²) in [4.78, 5) is 12.8. The first-order valence-corrected chi connectivity index (χ1v) is 12.6. The Morgan fingerprint density at radius 1 is 0.970 bits per heavy atom. The Morgan fingerprint density at radius 2 is 1.64 bits per heavy atom. The summed E-state index contributed by atoms with van der Waals surface area (Å²) < 4.78 is 2.76. The number of aromatic nitrogens is 3. The lowest BCUT2D eigenvalue weighted by Crippen LogP contribution is -2.10. The molecule has 0 amide bonds. The molecular weight excluding hydrogens is 518 g/mol. The van der Waals surface area contributed by atoms with Crippen LogP contribution in [-0.2, 0) is 5.41 Å². The minimum absolute atomic E-state index is 0.0224. The fraction of sp³-hybridized carbons (Fsp3) is 0.192. The first kappa shape index (κ1) is 23.7. The largest absolute Gasteiger partial charge is 0.293 e. The normalized spacial score (nSPS) is 11.5. The van der Waals surface area contributed by atoms with Crippen LogP contribution in [0.3, 0.4) is 0 Å². The van der Waals surface area contributed by atoms with Crippen LogP contribution in [-0.4, -0.2) is 26.3 Å². The molecule has 0 spiro atoms. The molecule has 3 aromatic carbocycles. The summed E-state index contributed by atoms with van der Waals surface area (Å²) in [5.74, 6) is 0.986. The molecule has 33 heavy (non-hydrogen) atoms. The summed E-state index contributed by atoms with van der Waals surface area (Å²) in [6, 6.07) is 23.4. The second-order valence-electron chi connectivity index (χ2n) is 8.64. The SMILES string of the molecule is CC(C)(C)c1ccc(-c2nnc(SCC(=O)c3ccccc3Br)n2-c2ccc(Cl)cc2)cc1. The average Bonchev–Trinajstić information content (AvgIpc) is 3.22. The summed E-state index contributed by atoms with van der Waals surface area (Å²) in [5.41, 5.74) is 3.80. The van der Waals surface area contributed by atoms with Crippen molar-refractivity contribution in [3.8, 4) is 17.1 Å². The van der Waals surface area contributed by atoms with E-state index < -0.39 is 0 Å². The van der Waals surface area contributed by atoms with Gasteiger partial charge in [0.25, 0.3) is 0 Å². The number of Topliss-reactive ketones (excluding diaryl/α,β-unsaturated/α-hetero) is 1. The molecule has 4 aromatic rings. The quantitative estimate of drug-likeness (QED) is 0.186. The number of hydrogen-bond acceptors (Lipinski definition) is 4. The molecule has 4 rings (SSSR count). The lowest BCUT2D eigenvalue weighted by molar-refractivity contribution is 0.102. The third kappa shape index (κ3) is 5.40. The van der Waals surface area contributed by atoms with Crippen molar-refractivity contribution in [2.24, 2.45) is 0 Å². The van der Waals surface area contributed by atoms with E-state index in [1.807, 2.05) is 53.1 Å². The highest BCUT2D eigenvalue weighted by atomic mass is 79.9. The Kier molecular flexibility index (Phi) is 7.07. The van der Waals surface area contributed by atoms with Crippen molar-refractivity contribution in [3.05, 3.63) is 93.4 Å². The molecule has 0 bridgehead atoms. The van der Waals surface area contributed by atoms with Crippen molar-refractivity contribution < 1.29 is 4.79 Å². The highest BCUT2D eigenvalue weighted by Crippen LogP contribution is 2.31. The van der Waals surface area contributed by atoms with Gasteiger partial charge in [-0.05, 0) is 41.3 Å². The van der Waals surface area contributed by atoms with Gasteiger partial charge in [-0.1, -0.05) is 103 Å². The molecule has 0 aliphatic rings. The third-order valence-corrected chi connectivity index (χ3v) is 7.11. The molecule has 0 aliphatic heterocycles. The van der Waals surface area contributed by atoms with E-state index in [9.17, 15) is 4.79 Å². The minimum Gasteiger partial charge on any atom is -0.293 e. The molecule has 0 aliphatic carbocycles. The predicted octanol–water partition coefficient (Wildman–Crippen LogP) is 7.62. The Bertz CT molecular complexity index is 1280.